The summed E-state index contributed by atoms with van der Waals surface area (Å²) in [5, 5.41) is 19.9. The minimum atomic E-state index is -4.34. The summed E-state index contributed by atoms with van der Waals surface area (Å²) in [6.07, 6.45) is 0. The monoisotopic (exact) mass is 404 g/mol. The summed E-state index contributed by atoms with van der Waals surface area (Å²) in [4.78, 5) is 20.8. The Hall–Kier alpha value is -2.36. The lowest BCUT2D eigenvalue weighted by Crippen LogP contribution is -2.36. The molecule has 0 amide bonds. The zero-order valence-corrected chi connectivity index (χ0v) is 14.6. The minimum Gasteiger partial charge on any atom is -0.480 e. The molecule has 11 heteroatoms. The number of carboxylic acid groups (broad SMARTS) is 1. The molecule has 0 heterocycles. The molecule has 0 aliphatic rings. The number of hydrogen-bond donors (Lipinski definition) is 1. The van der Waals surface area contributed by atoms with Gasteiger partial charge in [-0.05, 0) is 30.3 Å². The number of nitro benzene ring substituents is 1. The average Bonchev–Trinajstić information content (AvgIpc) is 2.55. The molecule has 0 unspecified atom stereocenters. The summed E-state index contributed by atoms with van der Waals surface area (Å²) in [5.41, 5.74) is -0.417. The Balaban J connectivity index is 2.57. The maximum absolute atomic E-state index is 12.8. The molecule has 2 rings (SSSR count). The normalized spacial score (nSPS) is 11.1. The van der Waals surface area contributed by atoms with Crippen LogP contribution in [0.4, 0.5) is 11.4 Å². The van der Waals surface area contributed by atoms with Crippen LogP contribution in [0.25, 0.3) is 0 Å². The van der Waals surface area contributed by atoms with Crippen molar-refractivity contribution in [1.82, 2.24) is 0 Å². The first kappa shape index (κ1) is 19.0. The van der Waals surface area contributed by atoms with Crippen molar-refractivity contribution in [3.05, 3.63) is 62.6 Å². The number of non-ortho nitro benzene ring substituents is 1. The maximum Gasteiger partial charge on any atom is 0.324 e. The number of sulfonamides is 1. The Kier molecular flexibility index (Phi) is 5.51. The second kappa shape index (κ2) is 7.26. The van der Waals surface area contributed by atoms with E-state index in [0.29, 0.717) is 4.31 Å². The van der Waals surface area contributed by atoms with Crippen LogP contribution in [0.5, 0.6) is 0 Å². The van der Waals surface area contributed by atoms with Crippen molar-refractivity contribution in [3.63, 3.8) is 0 Å². The van der Waals surface area contributed by atoms with E-state index in [1.807, 2.05) is 0 Å². The van der Waals surface area contributed by atoms with Gasteiger partial charge in [0.25, 0.3) is 15.7 Å². The van der Waals surface area contributed by atoms with Gasteiger partial charge in [0.1, 0.15) is 6.54 Å². The van der Waals surface area contributed by atoms with Crippen molar-refractivity contribution < 1.29 is 23.2 Å². The van der Waals surface area contributed by atoms with Crippen LogP contribution in [0.3, 0.4) is 0 Å². The second-order valence-electron chi connectivity index (χ2n) is 4.75. The van der Waals surface area contributed by atoms with E-state index in [2.05, 4.69) is 0 Å². The number of benzene rings is 2. The Morgan fingerprint density at radius 2 is 1.76 bits per heavy atom. The Morgan fingerprint density at radius 1 is 1.16 bits per heavy atom. The lowest BCUT2D eigenvalue weighted by Gasteiger charge is -2.23. The van der Waals surface area contributed by atoms with E-state index in [1.165, 1.54) is 18.2 Å². The molecule has 0 saturated heterocycles. The summed E-state index contributed by atoms with van der Waals surface area (Å²) in [5.74, 6) is -1.42. The lowest BCUT2D eigenvalue weighted by atomic mass is 10.3. The zero-order valence-electron chi connectivity index (χ0n) is 12.3. The largest absolute Gasteiger partial charge is 0.480 e. The molecule has 0 bridgehead atoms. The van der Waals surface area contributed by atoms with Gasteiger partial charge < -0.3 is 5.11 Å². The highest BCUT2D eigenvalue weighted by atomic mass is 35.5. The molecule has 0 fully saturated rings. The van der Waals surface area contributed by atoms with Crippen molar-refractivity contribution >= 4 is 50.6 Å². The summed E-state index contributed by atoms with van der Waals surface area (Å²) >= 11 is 11.8. The Morgan fingerprint density at radius 3 is 2.28 bits per heavy atom. The molecule has 0 aromatic heterocycles. The van der Waals surface area contributed by atoms with Crippen LogP contribution in [0.15, 0.2) is 47.4 Å². The highest BCUT2D eigenvalue weighted by molar-refractivity contribution is 7.92. The first-order valence-electron chi connectivity index (χ1n) is 6.57. The number of anilines is 1. The molecule has 0 atom stereocenters. The number of carbonyl (C=O) groups is 1. The van der Waals surface area contributed by atoms with Crippen molar-refractivity contribution in [1.29, 1.82) is 0 Å². The standard InChI is InChI=1S/C14H10Cl2N2O6S/c15-9-1-6-12(16)13(7-9)17(8-14(19)20)25(23,24)11-4-2-10(3-5-11)18(21)22/h1-7H,8H2,(H,19,20). The van der Waals surface area contributed by atoms with Gasteiger partial charge in [-0.1, -0.05) is 23.2 Å². The summed E-state index contributed by atoms with van der Waals surface area (Å²) < 4.78 is 26.2. The summed E-state index contributed by atoms with van der Waals surface area (Å²) in [6, 6.07) is 8.01. The molecule has 132 valence electrons. The minimum absolute atomic E-state index is 0.0175. The maximum atomic E-state index is 12.8. The van der Waals surface area contributed by atoms with Gasteiger partial charge in [0.15, 0.2) is 0 Å². The van der Waals surface area contributed by atoms with Gasteiger partial charge in [0, 0.05) is 17.2 Å². The van der Waals surface area contributed by atoms with Crippen molar-refractivity contribution in [3.8, 4) is 0 Å². The Labute approximate surface area is 152 Å². The van der Waals surface area contributed by atoms with Crippen LogP contribution in [-0.2, 0) is 14.8 Å². The number of nitro groups is 1. The molecule has 2 aromatic rings. The van der Waals surface area contributed by atoms with Gasteiger partial charge in [-0.3, -0.25) is 19.2 Å². The third-order valence-electron chi connectivity index (χ3n) is 3.09. The van der Waals surface area contributed by atoms with Crippen LogP contribution in [0.1, 0.15) is 0 Å². The van der Waals surface area contributed by atoms with E-state index < -0.39 is 27.5 Å². The molecule has 0 aliphatic heterocycles. The van der Waals surface area contributed by atoms with Gasteiger partial charge in [-0.25, -0.2) is 8.42 Å². The van der Waals surface area contributed by atoms with E-state index in [0.717, 1.165) is 24.3 Å². The fraction of sp³-hybridized carbons (Fsp3) is 0.0714. The van der Waals surface area contributed by atoms with Gasteiger partial charge in [0.05, 0.1) is 20.5 Å². The van der Waals surface area contributed by atoms with Gasteiger partial charge >= 0.3 is 5.97 Å². The summed E-state index contributed by atoms with van der Waals surface area (Å²) in [6.45, 7) is -0.903. The summed E-state index contributed by atoms with van der Waals surface area (Å²) in [7, 11) is -4.34. The number of aliphatic carboxylic acids is 1. The van der Waals surface area contributed by atoms with Crippen LogP contribution in [0, 0.1) is 10.1 Å². The molecule has 2 aromatic carbocycles. The number of hydrogen-bond acceptors (Lipinski definition) is 5. The topological polar surface area (TPSA) is 118 Å². The third kappa shape index (κ3) is 4.19. The second-order valence-corrected chi connectivity index (χ2v) is 7.46. The molecule has 0 aliphatic carbocycles. The fourth-order valence-corrected chi connectivity index (χ4v) is 3.83. The zero-order chi connectivity index (χ0) is 18.8. The average molecular weight is 405 g/mol. The van der Waals surface area contributed by atoms with Crippen LogP contribution in [0.2, 0.25) is 10.0 Å². The highest BCUT2D eigenvalue weighted by Gasteiger charge is 2.29. The number of carboxylic acids is 1. The number of halogens is 2. The first-order valence-corrected chi connectivity index (χ1v) is 8.76. The van der Waals surface area contributed by atoms with Crippen molar-refractivity contribution in [2.45, 2.75) is 4.90 Å². The molecule has 0 saturated carbocycles. The predicted molar refractivity (Wildman–Crippen MR) is 91.7 cm³/mol. The molecule has 0 radical (unpaired) electrons. The molecule has 25 heavy (non-hydrogen) atoms. The molecule has 1 N–H and O–H groups in total. The highest BCUT2D eigenvalue weighted by Crippen LogP contribution is 2.33. The molecular weight excluding hydrogens is 395 g/mol. The van der Waals surface area contributed by atoms with Crippen LogP contribution >= 0.6 is 23.2 Å². The van der Waals surface area contributed by atoms with Crippen LogP contribution in [-0.4, -0.2) is 31.0 Å². The molecule has 0 spiro atoms. The molecule has 8 nitrogen and oxygen atoms in total. The van der Waals surface area contributed by atoms with Gasteiger partial charge in [-0.2, -0.15) is 0 Å². The smallest absolute Gasteiger partial charge is 0.324 e. The van der Waals surface area contributed by atoms with E-state index in [1.54, 1.807) is 0 Å². The van der Waals surface area contributed by atoms with E-state index >= 15 is 0 Å². The third-order valence-corrected chi connectivity index (χ3v) is 5.42. The van der Waals surface area contributed by atoms with Crippen molar-refractivity contribution in [2.75, 3.05) is 10.8 Å². The lowest BCUT2D eigenvalue weighted by molar-refractivity contribution is -0.384. The van der Waals surface area contributed by atoms with Gasteiger partial charge in [0.2, 0.25) is 0 Å². The van der Waals surface area contributed by atoms with Crippen LogP contribution < -0.4 is 4.31 Å². The SMILES string of the molecule is O=C(O)CN(c1cc(Cl)ccc1Cl)S(=O)(=O)c1ccc([N+](=O)[O-])cc1. The van der Waals surface area contributed by atoms with E-state index in [9.17, 15) is 23.3 Å². The number of rotatable bonds is 6. The number of nitrogens with zero attached hydrogens (tertiary/aromatic N) is 2. The predicted octanol–water partition coefficient (Wildman–Crippen LogP) is 3.18. The Bertz CT molecular complexity index is 931. The quantitative estimate of drug-likeness (QED) is 0.583. The van der Waals surface area contributed by atoms with E-state index in [4.69, 9.17) is 28.3 Å². The van der Waals surface area contributed by atoms with Crippen molar-refractivity contribution in [2.24, 2.45) is 0 Å². The van der Waals surface area contributed by atoms with E-state index in [-0.39, 0.29) is 26.3 Å². The van der Waals surface area contributed by atoms with Gasteiger partial charge in [-0.15, -0.1) is 0 Å². The molecular formula is C14H10Cl2N2O6S. The first-order chi connectivity index (χ1) is 11.6. The fourth-order valence-electron chi connectivity index (χ4n) is 1.97.